The molecule has 0 N–H and O–H groups in total. The third kappa shape index (κ3) is 4.40. The maximum Gasteiger partial charge on any atom is 0.127 e. The van der Waals surface area contributed by atoms with E-state index in [2.05, 4.69) is 52.0 Å². The predicted octanol–water partition coefficient (Wildman–Crippen LogP) is 5.19. The Morgan fingerprint density at radius 3 is 2.56 bits per heavy atom. The van der Waals surface area contributed by atoms with Crippen LogP contribution in [0.1, 0.15) is 38.3 Å². The zero-order valence-electron chi connectivity index (χ0n) is 12.2. The highest BCUT2D eigenvalue weighted by Crippen LogP contribution is 2.19. The molecule has 0 bridgehead atoms. The van der Waals surface area contributed by atoms with Crippen LogP contribution in [0.5, 0.6) is 5.75 Å². The third-order valence-corrected chi connectivity index (χ3v) is 3.23. The minimum Gasteiger partial charge on any atom is -0.458 e. The molecule has 0 aromatic heterocycles. The molecule has 1 unspecified atom stereocenters. The number of allylic oxidation sites excluding steroid dienone is 3. The van der Waals surface area contributed by atoms with Crippen molar-refractivity contribution in [2.24, 2.45) is 5.92 Å². The second kappa shape index (κ2) is 7.05. The van der Waals surface area contributed by atoms with Crippen LogP contribution >= 0.6 is 0 Å². The van der Waals surface area contributed by atoms with Gasteiger partial charge in [-0.15, -0.1) is 0 Å². The SMILES string of the molecule is C/C=C(\C=C/C(C)CC)Oc1ccc(C)c(C)c1. The quantitative estimate of drug-likeness (QED) is 0.511. The smallest absolute Gasteiger partial charge is 0.127 e. The van der Waals surface area contributed by atoms with Gasteiger partial charge in [0.1, 0.15) is 11.5 Å². The van der Waals surface area contributed by atoms with Gasteiger partial charge < -0.3 is 4.74 Å². The summed E-state index contributed by atoms with van der Waals surface area (Å²) in [7, 11) is 0. The van der Waals surface area contributed by atoms with Crippen LogP contribution in [-0.2, 0) is 0 Å². The highest BCUT2D eigenvalue weighted by molar-refractivity contribution is 5.35. The predicted molar refractivity (Wildman–Crippen MR) is 78.9 cm³/mol. The largest absolute Gasteiger partial charge is 0.458 e. The Bertz CT molecular complexity index is 441. The van der Waals surface area contributed by atoms with Crippen LogP contribution < -0.4 is 4.74 Å². The number of rotatable bonds is 5. The number of benzene rings is 1. The molecule has 0 aliphatic carbocycles. The Labute approximate surface area is 111 Å². The van der Waals surface area contributed by atoms with E-state index in [1.165, 1.54) is 11.1 Å². The van der Waals surface area contributed by atoms with Crippen molar-refractivity contribution in [3.63, 3.8) is 0 Å². The summed E-state index contributed by atoms with van der Waals surface area (Å²) in [6, 6.07) is 6.19. The van der Waals surface area contributed by atoms with Crippen molar-refractivity contribution in [1.82, 2.24) is 0 Å². The molecule has 0 aliphatic rings. The normalized spacial score (nSPS) is 13.9. The van der Waals surface area contributed by atoms with Crippen LogP contribution in [0.15, 0.2) is 42.2 Å². The Morgan fingerprint density at radius 1 is 1.28 bits per heavy atom. The van der Waals surface area contributed by atoms with E-state index >= 15 is 0 Å². The molecule has 1 aromatic rings. The van der Waals surface area contributed by atoms with Gasteiger partial charge in [-0.25, -0.2) is 0 Å². The lowest BCUT2D eigenvalue weighted by atomic mass is 10.1. The van der Waals surface area contributed by atoms with Crippen molar-refractivity contribution in [1.29, 1.82) is 0 Å². The Hall–Kier alpha value is -1.50. The van der Waals surface area contributed by atoms with Crippen molar-refractivity contribution >= 4 is 0 Å². The first kappa shape index (κ1) is 14.6. The minimum absolute atomic E-state index is 0.586. The van der Waals surface area contributed by atoms with E-state index in [-0.39, 0.29) is 0 Å². The van der Waals surface area contributed by atoms with Crippen LogP contribution in [0.3, 0.4) is 0 Å². The summed E-state index contributed by atoms with van der Waals surface area (Å²) in [5.74, 6) is 2.39. The van der Waals surface area contributed by atoms with Gasteiger partial charge in [0.05, 0.1) is 0 Å². The van der Waals surface area contributed by atoms with Gasteiger partial charge in [-0.05, 0) is 62.1 Å². The van der Waals surface area contributed by atoms with Crippen LogP contribution in [0.4, 0.5) is 0 Å². The molecule has 18 heavy (non-hydrogen) atoms. The monoisotopic (exact) mass is 244 g/mol. The first-order valence-electron chi connectivity index (χ1n) is 6.66. The van der Waals surface area contributed by atoms with E-state index in [9.17, 15) is 0 Å². The van der Waals surface area contributed by atoms with Crippen molar-refractivity contribution in [2.75, 3.05) is 0 Å². The molecule has 0 spiro atoms. The van der Waals surface area contributed by atoms with E-state index in [0.717, 1.165) is 17.9 Å². The fourth-order valence-corrected chi connectivity index (χ4v) is 1.50. The lowest BCUT2D eigenvalue weighted by molar-refractivity contribution is 0.442. The molecule has 0 heterocycles. The van der Waals surface area contributed by atoms with Gasteiger partial charge in [-0.1, -0.05) is 32.4 Å². The van der Waals surface area contributed by atoms with Crippen LogP contribution in [-0.4, -0.2) is 0 Å². The van der Waals surface area contributed by atoms with E-state index in [1.807, 2.05) is 19.1 Å². The molecular weight excluding hydrogens is 220 g/mol. The van der Waals surface area contributed by atoms with Crippen molar-refractivity contribution in [3.8, 4) is 5.75 Å². The average molecular weight is 244 g/mol. The summed E-state index contributed by atoms with van der Waals surface area (Å²) in [5, 5.41) is 0. The van der Waals surface area contributed by atoms with E-state index in [1.54, 1.807) is 0 Å². The maximum atomic E-state index is 5.87. The molecule has 0 fully saturated rings. The van der Waals surface area contributed by atoms with Gasteiger partial charge in [0.15, 0.2) is 0 Å². The van der Waals surface area contributed by atoms with Gasteiger partial charge in [0.2, 0.25) is 0 Å². The van der Waals surface area contributed by atoms with E-state index in [4.69, 9.17) is 4.74 Å². The summed E-state index contributed by atoms with van der Waals surface area (Å²) < 4.78 is 5.87. The van der Waals surface area contributed by atoms with Gasteiger partial charge in [-0.2, -0.15) is 0 Å². The zero-order chi connectivity index (χ0) is 13.5. The fraction of sp³-hybridized carbons (Fsp3) is 0.412. The Morgan fingerprint density at radius 2 is 2.00 bits per heavy atom. The summed E-state index contributed by atoms with van der Waals surface area (Å²) >= 11 is 0. The van der Waals surface area contributed by atoms with Crippen LogP contribution in [0.25, 0.3) is 0 Å². The molecule has 1 heteroatoms. The number of aryl methyl sites for hydroxylation is 2. The molecular formula is C17H24O. The molecule has 0 saturated heterocycles. The summed E-state index contributed by atoms with van der Waals surface area (Å²) in [6.45, 7) is 10.6. The number of hydrogen-bond acceptors (Lipinski definition) is 1. The Kier molecular flexibility index (Phi) is 5.70. The molecule has 1 aromatic carbocycles. The second-order valence-corrected chi connectivity index (χ2v) is 4.78. The standard InChI is InChI=1S/C17H24O/c1-6-13(3)8-10-16(7-2)18-17-11-9-14(4)15(5)12-17/h7-13H,6H2,1-5H3/b10-8-,16-7+. The zero-order valence-corrected chi connectivity index (χ0v) is 12.2. The Balaban J connectivity index is 2.75. The molecule has 0 aliphatic heterocycles. The molecule has 0 saturated carbocycles. The lowest BCUT2D eigenvalue weighted by Crippen LogP contribution is -1.94. The van der Waals surface area contributed by atoms with E-state index < -0.39 is 0 Å². The fourth-order valence-electron chi connectivity index (χ4n) is 1.50. The van der Waals surface area contributed by atoms with Gasteiger partial charge in [-0.3, -0.25) is 0 Å². The second-order valence-electron chi connectivity index (χ2n) is 4.78. The third-order valence-electron chi connectivity index (χ3n) is 3.23. The highest BCUT2D eigenvalue weighted by Gasteiger charge is 2.00. The molecule has 0 amide bonds. The number of ether oxygens (including phenoxy) is 1. The van der Waals surface area contributed by atoms with Crippen LogP contribution in [0.2, 0.25) is 0 Å². The molecule has 1 rings (SSSR count). The topological polar surface area (TPSA) is 9.23 Å². The maximum absolute atomic E-state index is 5.87. The summed E-state index contributed by atoms with van der Waals surface area (Å²) in [4.78, 5) is 0. The van der Waals surface area contributed by atoms with Gasteiger partial charge in [0, 0.05) is 0 Å². The number of hydrogen-bond donors (Lipinski definition) is 0. The van der Waals surface area contributed by atoms with Gasteiger partial charge in [0.25, 0.3) is 0 Å². The van der Waals surface area contributed by atoms with E-state index in [0.29, 0.717) is 5.92 Å². The first-order valence-corrected chi connectivity index (χ1v) is 6.66. The molecule has 0 radical (unpaired) electrons. The average Bonchev–Trinajstić information content (AvgIpc) is 2.38. The van der Waals surface area contributed by atoms with Crippen molar-refractivity contribution < 1.29 is 4.74 Å². The minimum atomic E-state index is 0.586. The molecule has 1 nitrogen and oxygen atoms in total. The van der Waals surface area contributed by atoms with Crippen molar-refractivity contribution in [2.45, 2.75) is 41.0 Å². The lowest BCUT2D eigenvalue weighted by Gasteiger charge is -2.09. The van der Waals surface area contributed by atoms with Crippen molar-refractivity contribution in [3.05, 3.63) is 53.3 Å². The highest BCUT2D eigenvalue weighted by atomic mass is 16.5. The van der Waals surface area contributed by atoms with Gasteiger partial charge >= 0.3 is 0 Å². The van der Waals surface area contributed by atoms with Crippen LogP contribution in [0, 0.1) is 19.8 Å². The molecule has 98 valence electrons. The first-order chi connectivity index (χ1) is 8.56. The molecule has 1 atom stereocenters. The summed E-state index contributed by atoms with van der Waals surface area (Å²) in [6.07, 6.45) is 7.39. The summed E-state index contributed by atoms with van der Waals surface area (Å²) in [5.41, 5.74) is 2.55.